The minimum absolute atomic E-state index is 0.117. The predicted octanol–water partition coefficient (Wildman–Crippen LogP) is 7.44. The Morgan fingerprint density at radius 2 is 1.41 bits per heavy atom. The molecule has 3 saturated carbocycles. The second kappa shape index (κ2) is 18.7. The van der Waals surface area contributed by atoms with E-state index in [-0.39, 0.29) is 23.8 Å². The Kier molecular flexibility index (Phi) is 15.4. The lowest BCUT2D eigenvalue weighted by atomic mass is 9.82. The van der Waals surface area contributed by atoms with Gasteiger partial charge in [0.2, 0.25) is 11.7 Å². The van der Waals surface area contributed by atoms with E-state index < -0.39 is 17.6 Å². The van der Waals surface area contributed by atoms with E-state index in [2.05, 4.69) is 54.6 Å². The molecule has 0 aromatic carbocycles. The fourth-order valence-corrected chi connectivity index (χ4v) is 8.04. The van der Waals surface area contributed by atoms with Crippen molar-refractivity contribution in [2.24, 2.45) is 29.6 Å². The zero-order valence-electron chi connectivity index (χ0n) is 29.9. The second-order valence-corrected chi connectivity index (χ2v) is 15.1. The largest absolute Gasteiger partial charge is 0.376 e. The molecule has 0 heterocycles. The van der Waals surface area contributed by atoms with Gasteiger partial charge in [0, 0.05) is 38.2 Å². The zero-order chi connectivity index (χ0) is 33.8. The first-order valence-electron chi connectivity index (χ1n) is 18.5. The van der Waals surface area contributed by atoms with Crippen molar-refractivity contribution in [3.8, 4) is 0 Å². The molecule has 0 bridgehead atoms. The van der Waals surface area contributed by atoms with E-state index in [1.807, 2.05) is 13.8 Å². The second-order valence-electron chi connectivity index (χ2n) is 15.1. The molecule has 0 aliphatic heterocycles. The van der Waals surface area contributed by atoms with Gasteiger partial charge in [0.25, 0.3) is 0 Å². The number of hydrogen-bond acceptors (Lipinski definition) is 6. The maximum atomic E-state index is 13.1. The fourth-order valence-electron chi connectivity index (χ4n) is 8.04. The highest BCUT2D eigenvalue weighted by Gasteiger charge is 2.45. The molecule has 7 heteroatoms. The Morgan fingerprint density at radius 3 is 1.98 bits per heavy atom. The van der Waals surface area contributed by atoms with E-state index in [1.54, 1.807) is 0 Å². The van der Waals surface area contributed by atoms with Crippen molar-refractivity contribution in [3.05, 3.63) is 36.8 Å². The summed E-state index contributed by atoms with van der Waals surface area (Å²) in [5.41, 5.74) is 2.34. The van der Waals surface area contributed by atoms with Gasteiger partial charge in [-0.05, 0) is 82.0 Å². The number of nitrogens with one attached hydrogen (secondary N) is 3. The van der Waals surface area contributed by atoms with E-state index in [0.717, 1.165) is 43.7 Å². The van der Waals surface area contributed by atoms with Crippen molar-refractivity contribution in [2.75, 3.05) is 13.6 Å². The molecule has 0 radical (unpaired) electrons. The molecule has 3 N–H and O–H groups in total. The highest BCUT2D eigenvalue weighted by molar-refractivity contribution is 6.38. The summed E-state index contributed by atoms with van der Waals surface area (Å²) in [6.45, 7) is 21.5. The van der Waals surface area contributed by atoms with E-state index in [0.29, 0.717) is 30.2 Å². The molecule has 3 aliphatic carbocycles. The van der Waals surface area contributed by atoms with Crippen LogP contribution in [0, 0.1) is 29.6 Å². The molecule has 1 amide bonds. The number of Topliss-reactive ketones (excluding diaryl/α,β-unsaturated/α-hetero) is 2. The maximum Gasteiger partial charge on any atom is 0.223 e. The van der Waals surface area contributed by atoms with Gasteiger partial charge < -0.3 is 20.9 Å². The molecule has 46 heavy (non-hydrogen) atoms. The highest BCUT2D eigenvalue weighted by atomic mass is 16.2. The Hall–Kier alpha value is -2.57. The average Bonchev–Trinajstić information content (AvgIpc) is 3.84. The number of rotatable bonds is 20. The first-order valence-corrected chi connectivity index (χ1v) is 18.5. The van der Waals surface area contributed by atoms with Crippen LogP contribution in [0.3, 0.4) is 0 Å². The Labute approximate surface area is 280 Å². The standard InChI is InChI=1S/C39H66N4O3/c1-9-17-36(38(45)29(6)44)42-39(46)27(4)34-24-33(34)25-43(8)28(5)37(32-20-15-12-16-21-32)41-30(7)40-35(23-22-26(2)3)31-18-13-10-11-14-19-31/h27,31-37,40-41H,2,5,7,9-25H2,1,3-4,6,8H3,(H,42,46)/t27?,33-,34+,35?,36?,37?/m0/s1. The molecule has 0 spiro atoms. The summed E-state index contributed by atoms with van der Waals surface area (Å²) in [4.78, 5) is 39.4. The topological polar surface area (TPSA) is 90.5 Å². The number of nitrogens with zero attached hydrogens (tertiary/aromatic N) is 1. The van der Waals surface area contributed by atoms with Crippen LogP contribution in [0.4, 0.5) is 0 Å². The fraction of sp³-hybridized carbons (Fsp3) is 0.769. The maximum absolute atomic E-state index is 13.1. The van der Waals surface area contributed by atoms with Gasteiger partial charge in [-0.25, -0.2) is 0 Å². The first-order chi connectivity index (χ1) is 21.9. The number of carbonyl (C=O) groups is 3. The van der Waals surface area contributed by atoms with Crippen molar-refractivity contribution in [3.63, 3.8) is 0 Å². The number of ketones is 2. The summed E-state index contributed by atoms with van der Waals surface area (Å²) >= 11 is 0. The van der Waals surface area contributed by atoms with Gasteiger partial charge in [-0.2, -0.15) is 0 Å². The first kappa shape index (κ1) is 37.9. The number of allylic oxidation sites excluding steroid dienone is 1. The van der Waals surface area contributed by atoms with Crippen molar-refractivity contribution in [1.29, 1.82) is 0 Å². The van der Waals surface area contributed by atoms with E-state index in [9.17, 15) is 14.4 Å². The molecule has 3 fully saturated rings. The summed E-state index contributed by atoms with van der Waals surface area (Å²) in [6.07, 6.45) is 18.4. The van der Waals surface area contributed by atoms with Gasteiger partial charge in [0.05, 0.1) is 17.9 Å². The summed E-state index contributed by atoms with van der Waals surface area (Å²) in [5, 5.41) is 10.6. The Morgan fingerprint density at radius 1 is 0.826 bits per heavy atom. The van der Waals surface area contributed by atoms with Crippen LogP contribution in [-0.4, -0.2) is 54.1 Å². The predicted molar refractivity (Wildman–Crippen MR) is 190 cm³/mol. The summed E-state index contributed by atoms with van der Waals surface area (Å²) < 4.78 is 0. The SMILES string of the molecule is C=C(C)CCC(NC(=C)NC(C(=C)N(C)C[C@@H]1C[C@@H]1C(C)C(=O)NC(CCC)C(=O)C(C)=O)C1CCCCC1)C1CCCCCC1. The molecule has 3 aliphatic rings. The third-order valence-electron chi connectivity index (χ3n) is 11.1. The quantitative estimate of drug-likeness (QED) is 0.0730. The number of likely N-dealkylation sites (N-methyl/N-ethyl adjacent to an activating group) is 1. The monoisotopic (exact) mass is 639 g/mol. The smallest absolute Gasteiger partial charge is 0.223 e. The van der Waals surface area contributed by atoms with Crippen LogP contribution in [0.2, 0.25) is 0 Å². The minimum Gasteiger partial charge on any atom is -0.376 e. The van der Waals surface area contributed by atoms with Crippen LogP contribution < -0.4 is 16.0 Å². The number of carbonyl (C=O) groups excluding carboxylic acids is 3. The molecular formula is C39H66N4O3. The van der Waals surface area contributed by atoms with E-state index in [1.165, 1.54) is 83.1 Å². The third-order valence-corrected chi connectivity index (χ3v) is 11.1. The van der Waals surface area contributed by atoms with Crippen LogP contribution in [-0.2, 0) is 14.4 Å². The molecule has 0 aromatic heterocycles. The third kappa shape index (κ3) is 11.6. The lowest BCUT2D eigenvalue weighted by Gasteiger charge is -2.38. The molecule has 0 aromatic rings. The van der Waals surface area contributed by atoms with Crippen LogP contribution in [0.15, 0.2) is 36.8 Å². The molecule has 4 unspecified atom stereocenters. The molecule has 3 rings (SSSR count). The van der Waals surface area contributed by atoms with Gasteiger partial charge in [0.15, 0.2) is 5.78 Å². The molecule has 0 saturated heterocycles. The number of hydrogen-bond donors (Lipinski definition) is 3. The zero-order valence-corrected chi connectivity index (χ0v) is 29.9. The average molecular weight is 639 g/mol. The van der Waals surface area contributed by atoms with Crippen molar-refractivity contribution in [2.45, 2.75) is 149 Å². The highest BCUT2D eigenvalue weighted by Crippen LogP contribution is 2.45. The lowest BCUT2D eigenvalue weighted by molar-refractivity contribution is -0.138. The molecule has 7 nitrogen and oxygen atoms in total. The van der Waals surface area contributed by atoms with Crippen LogP contribution in [0.5, 0.6) is 0 Å². The van der Waals surface area contributed by atoms with Crippen LogP contribution in [0.1, 0.15) is 130 Å². The minimum atomic E-state index is -0.718. The van der Waals surface area contributed by atoms with E-state index in [4.69, 9.17) is 0 Å². The molecule has 260 valence electrons. The van der Waals surface area contributed by atoms with Gasteiger partial charge in [-0.3, -0.25) is 14.4 Å². The van der Waals surface area contributed by atoms with E-state index >= 15 is 0 Å². The van der Waals surface area contributed by atoms with Gasteiger partial charge in [0.1, 0.15) is 0 Å². The number of amides is 1. The Balaban J connectivity index is 1.62. The summed E-state index contributed by atoms with van der Waals surface area (Å²) in [6, 6.07) is -0.203. The molecule has 6 atom stereocenters. The lowest BCUT2D eigenvalue weighted by Crippen LogP contribution is -2.48. The van der Waals surface area contributed by atoms with Crippen molar-refractivity contribution < 1.29 is 14.4 Å². The molecular weight excluding hydrogens is 572 g/mol. The van der Waals surface area contributed by atoms with Gasteiger partial charge in [-0.1, -0.05) is 83.9 Å². The van der Waals surface area contributed by atoms with Crippen LogP contribution >= 0.6 is 0 Å². The summed E-state index contributed by atoms with van der Waals surface area (Å²) in [7, 11) is 2.14. The van der Waals surface area contributed by atoms with Crippen molar-refractivity contribution >= 4 is 17.5 Å². The van der Waals surface area contributed by atoms with Gasteiger partial charge in [-0.15, -0.1) is 6.58 Å². The normalized spacial score (nSPS) is 23.2. The summed E-state index contributed by atoms with van der Waals surface area (Å²) in [5.74, 6) is 1.43. The van der Waals surface area contributed by atoms with Gasteiger partial charge >= 0.3 is 0 Å². The Bertz CT molecular complexity index is 1060. The van der Waals surface area contributed by atoms with Crippen LogP contribution in [0.25, 0.3) is 0 Å². The van der Waals surface area contributed by atoms with Crippen molar-refractivity contribution in [1.82, 2.24) is 20.9 Å².